The number of hydrogen-bond donors (Lipinski definition) is 1. The van der Waals surface area contributed by atoms with E-state index in [-0.39, 0.29) is 10.8 Å². The van der Waals surface area contributed by atoms with Crippen LogP contribution in [0, 0.1) is 10.1 Å². The average Bonchev–Trinajstić information content (AvgIpc) is 2.37. The molecule has 19 heavy (non-hydrogen) atoms. The van der Waals surface area contributed by atoms with Crippen molar-refractivity contribution in [2.45, 2.75) is 6.54 Å². The monoisotopic (exact) mass is 341 g/mol. The third-order valence-electron chi connectivity index (χ3n) is 2.41. The minimum absolute atomic E-state index is 0.0869. The zero-order chi connectivity index (χ0) is 13.8. The molecule has 0 atom stereocenters. The quantitative estimate of drug-likeness (QED) is 0.518. The van der Waals surface area contributed by atoms with E-state index in [1.807, 2.05) is 24.3 Å². The fraction of sp³-hybridized carbons (Fsp3) is 0.0833. The van der Waals surface area contributed by atoms with Gasteiger partial charge < -0.3 is 5.32 Å². The highest BCUT2D eigenvalue weighted by atomic mass is 79.9. The second-order valence-corrected chi connectivity index (χ2v) is 4.98. The predicted molar refractivity (Wildman–Crippen MR) is 77.4 cm³/mol. The van der Waals surface area contributed by atoms with E-state index in [1.54, 1.807) is 0 Å². The molecule has 0 unspecified atom stereocenters. The fourth-order valence-electron chi connectivity index (χ4n) is 1.51. The molecule has 2 aromatic rings. The van der Waals surface area contributed by atoms with E-state index in [2.05, 4.69) is 26.2 Å². The van der Waals surface area contributed by atoms with Crippen molar-refractivity contribution in [1.29, 1.82) is 0 Å². The summed E-state index contributed by atoms with van der Waals surface area (Å²) in [6.07, 6.45) is 0. The molecule has 1 heterocycles. The number of nitro groups is 1. The standard InChI is InChI=1S/C12H9BrClN3O2/c13-10-4-2-1-3-8(10)7-15-12-6-9(17(18)19)5-11(14)16-12/h1-6H,7H2,(H,15,16). The molecule has 0 radical (unpaired) electrons. The number of anilines is 1. The molecule has 2 rings (SSSR count). The summed E-state index contributed by atoms with van der Waals surface area (Å²) in [5, 5.41) is 13.8. The van der Waals surface area contributed by atoms with E-state index >= 15 is 0 Å². The maximum absolute atomic E-state index is 10.7. The first-order chi connectivity index (χ1) is 9.06. The van der Waals surface area contributed by atoms with Crippen molar-refractivity contribution in [3.8, 4) is 0 Å². The molecule has 0 aliphatic heterocycles. The number of aromatic nitrogens is 1. The molecular formula is C12H9BrClN3O2. The highest BCUT2D eigenvalue weighted by Gasteiger charge is 2.10. The van der Waals surface area contributed by atoms with Gasteiger partial charge in [-0.1, -0.05) is 45.7 Å². The Kier molecular flexibility index (Phi) is 4.34. The third kappa shape index (κ3) is 3.65. The van der Waals surface area contributed by atoms with E-state index < -0.39 is 4.92 Å². The van der Waals surface area contributed by atoms with Gasteiger partial charge in [0.25, 0.3) is 5.69 Å². The third-order valence-corrected chi connectivity index (χ3v) is 3.37. The van der Waals surface area contributed by atoms with Crippen molar-refractivity contribution in [2.24, 2.45) is 0 Å². The average molecular weight is 343 g/mol. The van der Waals surface area contributed by atoms with Crippen LogP contribution in [-0.4, -0.2) is 9.91 Å². The Morgan fingerprint density at radius 1 is 1.37 bits per heavy atom. The molecule has 1 aromatic carbocycles. The van der Waals surface area contributed by atoms with Crippen LogP contribution in [0.25, 0.3) is 0 Å². The molecule has 0 aliphatic rings. The van der Waals surface area contributed by atoms with Gasteiger partial charge in [0.05, 0.1) is 17.1 Å². The molecule has 0 bridgehead atoms. The maximum atomic E-state index is 10.7. The number of halogens is 2. The van der Waals surface area contributed by atoms with Crippen molar-refractivity contribution in [3.63, 3.8) is 0 Å². The lowest BCUT2D eigenvalue weighted by Gasteiger charge is -2.07. The van der Waals surface area contributed by atoms with Gasteiger partial charge in [0.2, 0.25) is 0 Å². The highest BCUT2D eigenvalue weighted by molar-refractivity contribution is 9.10. The molecule has 98 valence electrons. The summed E-state index contributed by atoms with van der Waals surface area (Å²) in [5.41, 5.74) is 0.932. The highest BCUT2D eigenvalue weighted by Crippen LogP contribution is 2.22. The van der Waals surface area contributed by atoms with E-state index in [4.69, 9.17) is 11.6 Å². The summed E-state index contributed by atoms with van der Waals surface area (Å²) in [6, 6.07) is 10.3. The Hall–Kier alpha value is -1.66. The zero-order valence-corrected chi connectivity index (χ0v) is 12.0. The van der Waals surface area contributed by atoms with E-state index in [9.17, 15) is 10.1 Å². The normalized spacial score (nSPS) is 10.2. The summed E-state index contributed by atoms with van der Waals surface area (Å²) < 4.78 is 0.957. The van der Waals surface area contributed by atoms with Crippen LogP contribution in [0.15, 0.2) is 40.9 Å². The van der Waals surface area contributed by atoms with Crippen LogP contribution in [0.1, 0.15) is 5.56 Å². The summed E-state index contributed by atoms with van der Waals surface area (Å²) in [6.45, 7) is 0.492. The van der Waals surface area contributed by atoms with Gasteiger partial charge in [0.1, 0.15) is 11.0 Å². The van der Waals surface area contributed by atoms with Gasteiger partial charge >= 0.3 is 0 Å². The van der Waals surface area contributed by atoms with Crippen LogP contribution in [0.4, 0.5) is 11.5 Å². The number of pyridine rings is 1. The van der Waals surface area contributed by atoms with E-state index in [0.717, 1.165) is 10.0 Å². The van der Waals surface area contributed by atoms with Gasteiger partial charge in [-0.2, -0.15) is 0 Å². The zero-order valence-electron chi connectivity index (χ0n) is 9.64. The van der Waals surface area contributed by atoms with Crippen LogP contribution in [0.2, 0.25) is 5.15 Å². The van der Waals surface area contributed by atoms with Crippen molar-refractivity contribution < 1.29 is 4.92 Å². The molecule has 0 saturated carbocycles. The SMILES string of the molecule is O=[N+]([O-])c1cc(Cl)nc(NCc2ccccc2Br)c1. The number of hydrogen-bond acceptors (Lipinski definition) is 4. The van der Waals surface area contributed by atoms with Crippen molar-refractivity contribution >= 4 is 39.0 Å². The van der Waals surface area contributed by atoms with Crippen LogP contribution in [0.5, 0.6) is 0 Å². The molecular weight excluding hydrogens is 334 g/mol. The molecule has 5 nitrogen and oxygen atoms in total. The largest absolute Gasteiger partial charge is 0.366 e. The Morgan fingerprint density at radius 2 is 2.11 bits per heavy atom. The molecule has 0 aliphatic carbocycles. The van der Waals surface area contributed by atoms with Gasteiger partial charge in [-0.05, 0) is 11.6 Å². The molecule has 1 aromatic heterocycles. The van der Waals surface area contributed by atoms with Gasteiger partial charge in [-0.15, -0.1) is 0 Å². The minimum atomic E-state index is -0.503. The number of rotatable bonds is 4. The summed E-state index contributed by atoms with van der Waals surface area (Å²) >= 11 is 9.17. The van der Waals surface area contributed by atoms with Crippen LogP contribution < -0.4 is 5.32 Å². The van der Waals surface area contributed by atoms with Crippen molar-refractivity contribution in [3.05, 3.63) is 61.7 Å². The smallest absolute Gasteiger partial charge is 0.276 e. The number of benzene rings is 1. The first-order valence-electron chi connectivity index (χ1n) is 5.35. The number of nitrogens with zero attached hydrogens (tertiary/aromatic N) is 2. The Labute approximate surface area is 122 Å². The molecule has 7 heteroatoms. The van der Waals surface area contributed by atoms with Crippen LogP contribution in [0.3, 0.4) is 0 Å². The minimum Gasteiger partial charge on any atom is -0.366 e. The van der Waals surface area contributed by atoms with Crippen molar-refractivity contribution in [2.75, 3.05) is 5.32 Å². The predicted octanol–water partition coefficient (Wildman–Crippen LogP) is 4.02. The topological polar surface area (TPSA) is 68.1 Å². The first-order valence-corrected chi connectivity index (χ1v) is 6.52. The Balaban J connectivity index is 2.16. The summed E-state index contributed by atoms with van der Waals surface area (Å²) in [5.74, 6) is 0.370. The lowest BCUT2D eigenvalue weighted by atomic mass is 10.2. The van der Waals surface area contributed by atoms with Crippen molar-refractivity contribution in [1.82, 2.24) is 4.98 Å². The summed E-state index contributed by atoms with van der Waals surface area (Å²) in [4.78, 5) is 14.2. The van der Waals surface area contributed by atoms with Crippen LogP contribution in [-0.2, 0) is 6.54 Å². The van der Waals surface area contributed by atoms with Gasteiger partial charge in [-0.25, -0.2) is 4.98 Å². The van der Waals surface area contributed by atoms with Gasteiger partial charge in [0.15, 0.2) is 0 Å². The van der Waals surface area contributed by atoms with E-state index in [1.165, 1.54) is 12.1 Å². The first kappa shape index (κ1) is 13.8. The number of nitrogens with one attached hydrogen (secondary N) is 1. The Bertz CT molecular complexity index is 622. The maximum Gasteiger partial charge on any atom is 0.276 e. The molecule has 0 spiro atoms. The molecule has 0 amide bonds. The molecule has 1 N–H and O–H groups in total. The van der Waals surface area contributed by atoms with Gasteiger partial charge in [-0.3, -0.25) is 10.1 Å². The van der Waals surface area contributed by atoms with Crippen LogP contribution >= 0.6 is 27.5 Å². The fourth-order valence-corrected chi connectivity index (χ4v) is 2.13. The Morgan fingerprint density at radius 3 is 2.79 bits per heavy atom. The lowest BCUT2D eigenvalue weighted by molar-refractivity contribution is -0.384. The second-order valence-electron chi connectivity index (χ2n) is 3.74. The van der Waals surface area contributed by atoms with E-state index in [0.29, 0.717) is 12.4 Å². The second kappa shape index (κ2) is 5.99. The lowest BCUT2D eigenvalue weighted by Crippen LogP contribution is -2.03. The molecule has 0 fully saturated rings. The molecule has 0 saturated heterocycles. The summed E-state index contributed by atoms with van der Waals surface area (Å²) in [7, 11) is 0. The van der Waals surface area contributed by atoms with Gasteiger partial charge in [0, 0.05) is 11.0 Å².